The Balaban J connectivity index is 1.78. The summed E-state index contributed by atoms with van der Waals surface area (Å²) in [7, 11) is 9.18. The number of aromatic nitrogens is 2. The summed E-state index contributed by atoms with van der Waals surface area (Å²) in [5, 5.41) is 9.12. The molecule has 0 unspecified atom stereocenters. The maximum Gasteiger partial charge on any atom is 0.203 e. The van der Waals surface area contributed by atoms with Crippen LogP contribution in [0.4, 0.5) is 0 Å². The number of rotatable bonds is 11. The zero-order valence-electron chi connectivity index (χ0n) is 19.1. The van der Waals surface area contributed by atoms with Crippen LogP contribution < -0.4 is 28.4 Å². The first-order valence-electron chi connectivity index (χ1n) is 9.59. The molecule has 33 heavy (non-hydrogen) atoms. The van der Waals surface area contributed by atoms with E-state index in [1.807, 2.05) is 0 Å². The van der Waals surface area contributed by atoms with Gasteiger partial charge in [0.15, 0.2) is 33.1 Å². The molecular weight excluding hydrogens is 468 g/mol. The van der Waals surface area contributed by atoms with Gasteiger partial charge in [0.2, 0.25) is 11.5 Å². The van der Waals surface area contributed by atoms with Crippen LogP contribution in [0.2, 0.25) is 0 Å². The lowest BCUT2D eigenvalue weighted by Crippen LogP contribution is -2.05. The van der Waals surface area contributed by atoms with Crippen molar-refractivity contribution in [3.8, 4) is 45.1 Å². The maximum absolute atomic E-state index is 12.8. The van der Waals surface area contributed by atoms with Gasteiger partial charge in [0.1, 0.15) is 5.01 Å². The number of benzene rings is 2. The molecule has 0 aliphatic rings. The topological polar surface area (TPSA) is 98.2 Å². The van der Waals surface area contributed by atoms with E-state index in [0.29, 0.717) is 49.4 Å². The predicted octanol–water partition coefficient (Wildman–Crippen LogP) is 4.23. The van der Waals surface area contributed by atoms with Crippen molar-refractivity contribution in [2.45, 2.75) is 4.34 Å². The fourth-order valence-electron chi connectivity index (χ4n) is 3.04. The average molecular weight is 493 g/mol. The van der Waals surface area contributed by atoms with Gasteiger partial charge in [-0.15, -0.1) is 10.2 Å². The van der Waals surface area contributed by atoms with Crippen LogP contribution in [0.25, 0.3) is 10.6 Å². The third-order valence-electron chi connectivity index (χ3n) is 4.63. The summed E-state index contributed by atoms with van der Waals surface area (Å²) in [5.74, 6) is 2.88. The van der Waals surface area contributed by atoms with Gasteiger partial charge in [-0.2, -0.15) is 0 Å². The highest BCUT2D eigenvalue weighted by molar-refractivity contribution is 8.01. The molecular formula is C22H24N2O7S2. The molecule has 0 amide bonds. The van der Waals surface area contributed by atoms with Crippen molar-refractivity contribution in [1.82, 2.24) is 10.2 Å². The van der Waals surface area contributed by atoms with Crippen LogP contribution in [0.5, 0.6) is 34.5 Å². The molecule has 2 aromatic carbocycles. The van der Waals surface area contributed by atoms with Crippen molar-refractivity contribution < 1.29 is 33.2 Å². The Bertz CT molecular complexity index is 1080. The van der Waals surface area contributed by atoms with Gasteiger partial charge in [-0.1, -0.05) is 23.1 Å². The van der Waals surface area contributed by atoms with Gasteiger partial charge in [0.05, 0.1) is 48.4 Å². The van der Waals surface area contributed by atoms with Crippen LogP contribution in [0, 0.1) is 0 Å². The van der Waals surface area contributed by atoms with Crippen LogP contribution in [-0.4, -0.2) is 64.4 Å². The first-order valence-corrected chi connectivity index (χ1v) is 11.4. The minimum Gasteiger partial charge on any atom is -0.493 e. The zero-order chi connectivity index (χ0) is 24.0. The van der Waals surface area contributed by atoms with E-state index < -0.39 is 0 Å². The van der Waals surface area contributed by atoms with Gasteiger partial charge in [0, 0.05) is 11.1 Å². The molecule has 1 aromatic heterocycles. The predicted molar refractivity (Wildman–Crippen MR) is 126 cm³/mol. The molecule has 0 radical (unpaired) electrons. The standard InChI is InChI=1S/C22H24N2O7S2/c1-26-15-7-12(8-16(27-2)19(15)30-5)14(25)11-32-22-24-23-21(33-22)13-9-17(28-3)20(31-6)18(10-13)29-4/h7-10H,11H2,1-6H3. The molecule has 176 valence electrons. The van der Waals surface area contributed by atoms with E-state index in [0.717, 1.165) is 5.56 Å². The van der Waals surface area contributed by atoms with E-state index in [2.05, 4.69) is 10.2 Å². The summed E-state index contributed by atoms with van der Waals surface area (Å²) in [4.78, 5) is 12.8. The van der Waals surface area contributed by atoms with Crippen molar-refractivity contribution >= 4 is 28.9 Å². The average Bonchev–Trinajstić information content (AvgIpc) is 3.34. The highest BCUT2D eigenvalue weighted by Gasteiger charge is 2.19. The molecule has 9 nitrogen and oxygen atoms in total. The summed E-state index contributed by atoms with van der Waals surface area (Å²) in [6.45, 7) is 0. The van der Waals surface area contributed by atoms with Crippen LogP contribution >= 0.6 is 23.1 Å². The lowest BCUT2D eigenvalue weighted by Gasteiger charge is -2.13. The third-order valence-corrected chi connectivity index (χ3v) is 6.74. The Kier molecular flexibility index (Phi) is 8.23. The highest BCUT2D eigenvalue weighted by Crippen LogP contribution is 2.42. The van der Waals surface area contributed by atoms with E-state index in [9.17, 15) is 4.79 Å². The van der Waals surface area contributed by atoms with Crippen LogP contribution in [0.3, 0.4) is 0 Å². The minimum atomic E-state index is -0.108. The van der Waals surface area contributed by atoms with Gasteiger partial charge >= 0.3 is 0 Å². The zero-order valence-corrected chi connectivity index (χ0v) is 20.7. The molecule has 0 saturated heterocycles. The molecule has 3 aromatic rings. The van der Waals surface area contributed by atoms with Crippen molar-refractivity contribution in [3.63, 3.8) is 0 Å². The quantitative estimate of drug-likeness (QED) is 0.286. The summed E-state index contributed by atoms with van der Waals surface area (Å²) < 4.78 is 32.8. The Morgan fingerprint density at radius 3 is 1.70 bits per heavy atom. The number of nitrogens with zero attached hydrogens (tertiary/aromatic N) is 2. The number of hydrogen-bond donors (Lipinski definition) is 0. The second-order valence-corrected chi connectivity index (χ2v) is 8.61. The number of Topliss-reactive ketones (excluding diaryl/α,β-unsaturated/α-hetero) is 1. The summed E-state index contributed by atoms with van der Waals surface area (Å²) in [6, 6.07) is 6.87. The van der Waals surface area contributed by atoms with Crippen LogP contribution in [-0.2, 0) is 0 Å². The number of thioether (sulfide) groups is 1. The summed E-state index contributed by atoms with van der Waals surface area (Å²) >= 11 is 2.66. The Labute approximate surface area is 199 Å². The highest BCUT2D eigenvalue weighted by atomic mass is 32.2. The molecule has 3 rings (SSSR count). The second-order valence-electron chi connectivity index (χ2n) is 6.41. The Morgan fingerprint density at radius 1 is 0.758 bits per heavy atom. The van der Waals surface area contributed by atoms with Crippen LogP contribution in [0.1, 0.15) is 10.4 Å². The number of ketones is 1. The van der Waals surface area contributed by atoms with Gasteiger partial charge in [-0.25, -0.2) is 0 Å². The maximum atomic E-state index is 12.8. The lowest BCUT2D eigenvalue weighted by molar-refractivity contribution is 0.102. The molecule has 0 aliphatic carbocycles. The van der Waals surface area contributed by atoms with Crippen molar-refractivity contribution in [2.75, 3.05) is 48.4 Å². The molecule has 0 atom stereocenters. The monoisotopic (exact) mass is 492 g/mol. The van der Waals surface area contributed by atoms with Crippen LogP contribution in [0.15, 0.2) is 28.6 Å². The number of methoxy groups -OCH3 is 6. The fourth-order valence-corrected chi connectivity index (χ4v) is 4.78. The largest absolute Gasteiger partial charge is 0.493 e. The lowest BCUT2D eigenvalue weighted by atomic mass is 10.1. The normalized spacial score (nSPS) is 10.5. The summed E-state index contributed by atoms with van der Waals surface area (Å²) in [5.41, 5.74) is 1.22. The number of carbonyl (C=O) groups excluding carboxylic acids is 1. The molecule has 1 heterocycles. The molecule has 0 bridgehead atoms. The number of carbonyl (C=O) groups is 1. The van der Waals surface area contributed by atoms with Gasteiger partial charge in [0.25, 0.3) is 0 Å². The van der Waals surface area contributed by atoms with E-state index in [1.165, 1.54) is 44.4 Å². The van der Waals surface area contributed by atoms with Crippen molar-refractivity contribution in [3.05, 3.63) is 29.8 Å². The van der Waals surface area contributed by atoms with Crippen molar-refractivity contribution in [2.24, 2.45) is 0 Å². The molecule has 11 heteroatoms. The molecule has 0 aliphatic heterocycles. The van der Waals surface area contributed by atoms with Crippen molar-refractivity contribution in [1.29, 1.82) is 0 Å². The smallest absolute Gasteiger partial charge is 0.203 e. The SMILES string of the molecule is COc1cc(C(=O)CSc2nnc(-c3cc(OC)c(OC)c(OC)c3)s2)cc(OC)c1OC. The first kappa shape index (κ1) is 24.5. The van der Waals surface area contributed by atoms with E-state index in [4.69, 9.17) is 28.4 Å². The van der Waals surface area contributed by atoms with Gasteiger partial charge in [-0.3, -0.25) is 4.79 Å². The first-order chi connectivity index (χ1) is 16.0. The van der Waals surface area contributed by atoms with E-state index in [1.54, 1.807) is 45.6 Å². The van der Waals surface area contributed by atoms with E-state index >= 15 is 0 Å². The number of hydrogen-bond acceptors (Lipinski definition) is 11. The second kappa shape index (κ2) is 11.1. The molecule has 0 spiro atoms. The molecule has 0 fully saturated rings. The fraction of sp³-hybridized carbons (Fsp3) is 0.318. The molecule has 0 saturated carbocycles. The number of ether oxygens (including phenoxy) is 6. The minimum absolute atomic E-state index is 0.108. The van der Waals surface area contributed by atoms with Gasteiger partial charge < -0.3 is 28.4 Å². The van der Waals surface area contributed by atoms with E-state index in [-0.39, 0.29) is 11.5 Å². The molecule has 0 N–H and O–H groups in total. The Hall–Kier alpha value is -3.18. The Morgan fingerprint density at radius 2 is 1.24 bits per heavy atom. The van der Waals surface area contributed by atoms with Gasteiger partial charge in [-0.05, 0) is 24.3 Å². The third kappa shape index (κ3) is 5.25. The summed E-state index contributed by atoms with van der Waals surface area (Å²) in [6.07, 6.45) is 0.